The second-order valence-electron chi connectivity index (χ2n) is 5.62. The van der Waals surface area contributed by atoms with Crippen molar-refractivity contribution in [3.05, 3.63) is 58.7 Å². The number of aryl methyl sites for hydroxylation is 2. The first-order valence-corrected chi connectivity index (χ1v) is 7.45. The summed E-state index contributed by atoms with van der Waals surface area (Å²) in [5.41, 5.74) is 4.31. The summed E-state index contributed by atoms with van der Waals surface area (Å²) in [6, 6.07) is 10.8. The van der Waals surface area contributed by atoms with E-state index in [-0.39, 0.29) is 18.1 Å². The molecule has 0 aromatic heterocycles. The molecule has 4 nitrogen and oxygen atoms in total. The van der Waals surface area contributed by atoms with E-state index >= 15 is 0 Å². The molecular weight excluding hydrogens is 290 g/mol. The minimum atomic E-state index is -0.120. The van der Waals surface area contributed by atoms with Gasteiger partial charge in [0.25, 0.3) is 0 Å². The number of methoxy groups -OCH3 is 1. The van der Waals surface area contributed by atoms with E-state index in [0.717, 1.165) is 22.4 Å². The number of ether oxygens (including phenoxy) is 1. The van der Waals surface area contributed by atoms with Gasteiger partial charge >= 0.3 is 0 Å². The molecule has 23 heavy (non-hydrogen) atoms. The Morgan fingerprint density at radius 2 is 1.74 bits per heavy atom. The van der Waals surface area contributed by atoms with Crippen molar-refractivity contribution >= 4 is 17.4 Å². The fourth-order valence-electron chi connectivity index (χ4n) is 2.52. The number of ketones is 1. The van der Waals surface area contributed by atoms with Crippen LogP contribution in [0.25, 0.3) is 0 Å². The topological polar surface area (TPSA) is 55.4 Å². The van der Waals surface area contributed by atoms with Crippen molar-refractivity contribution in [2.75, 3.05) is 12.4 Å². The number of amides is 1. The van der Waals surface area contributed by atoms with Crippen molar-refractivity contribution < 1.29 is 14.3 Å². The zero-order chi connectivity index (χ0) is 17.0. The maximum absolute atomic E-state index is 12.3. The molecular formula is C19H21NO3. The van der Waals surface area contributed by atoms with Crippen LogP contribution in [0.15, 0.2) is 36.4 Å². The van der Waals surface area contributed by atoms with Gasteiger partial charge in [-0.1, -0.05) is 6.07 Å². The molecule has 4 heteroatoms. The minimum absolute atomic E-state index is 0.00268. The summed E-state index contributed by atoms with van der Waals surface area (Å²) < 4.78 is 5.38. The van der Waals surface area contributed by atoms with Crippen LogP contribution in [-0.4, -0.2) is 18.8 Å². The highest BCUT2D eigenvalue weighted by Crippen LogP contribution is 2.25. The number of hydrogen-bond donors (Lipinski definition) is 1. The molecule has 1 N–H and O–H groups in total. The Balaban J connectivity index is 2.12. The van der Waals surface area contributed by atoms with Crippen LogP contribution in [0.2, 0.25) is 0 Å². The number of Topliss-reactive ketones (excluding diaryl/α,β-unsaturated/α-hetero) is 1. The molecule has 0 atom stereocenters. The van der Waals surface area contributed by atoms with Gasteiger partial charge in [-0.15, -0.1) is 0 Å². The van der Waals surface area contributed by atoms with Crippen LogP contribution < -0.4 is 10.1 Å². The van der Waals surface area contributed by atoms with E-state index in [0.29, 0.717) is 11.3 Å². The Bertz CT molecular complexity index is 733. The first-order chi connectivity index (χ1) is 10.9. The zero-order valence-electron chi connectivity index (χ0n) is 13.9. The van der Waals surface area contributed by atoms with Crippen molar-refractivity contribution in [1.82, 2.24) is 0 Å². The highest BCUT2D eigenvalue weighted by Gasteiger charge is 2.12. The van der Waals surface area contributed by atoms with Crippen LogP contribution in [-0.2, 0) is 11.2 Å². The third-order valence-electron chi connectivity index (χ3n) is 3.71. The predicted octanol–water partition coefficient (Wildman–Crippen LogP) is 3.70. The predicted molar refractivity (Wildman–Crippen MR) is 91.2 cm³/mol. The van der Waals surface area contributed by atoms with Gasteiger partial charge in [-0.2, -0.15) is 0 Å². The van der Waals surface area contributed by atoms with Gasteiger partial charge in [0.1, 0.15) is 5.75 Å². The molecule has 0 saturated carbocycles. The molecule has 0 heterocycles. The quantitative estimate of drug-likeness (QED) is 0.857. The molecule has 0 radical (unpaired) electrons. The average Bonchev–Trinajstić information content (AvgIpc) is 2.50. The highest BCUT2D eigenvalue weighted by molar-refractivity contribution is 5.96. The molecule has 120 valence electrons. The number of rotatable bonds is 5. The van der Waals surface area contributed by atoms with Gasteiger partial charge in [0.2, 0.25) is 5.91 Å². The lowest BCUT2D eigenvalue weighted by molar-refractivity contribution is -0.115. The number of hydrogen-bond acceptors (Lipinski definition) is 3. The Kier molecular flexibility index (Phi) is 5.16. The van der Waals surface area contributed by atoms with Crippen LogP contribution in [0.4, 0.5) is 5.69 Å². The smallest absolute Gasteiger partial charge is 0.228 e. The Hall–Kier alpha value is -2.62. The number of anilines is 1. The van der Waals surface area contributed by atoms with Gasteiger partial charge in [-0.05, 0) is 62.2 Å². The Labute approximate surface area is 136 Å². The third-order valence-corrected chi connectivity index (χ3v) is 3.71. The van der Waals surface area contributed by atoms with Gasteiger partial charge in [-0.25, -0.2) is 0 Å². The number of carbonyl (C=O) groups excluding carboxylic acids is 2. The molecule has 0 bridgehead atoms. The molecule has 0 saturated heterocycles. The van der Waals surface area contributed by atoms with Gasteiger partial charge < -0.3 is 10.1 Å². The summed E-state index contributed by atoms with van der Waals surface area (Å²) in [6.07, 6.45) is 0.240. The van der Waals surface area contributed by atoms with Crippen molar-refractivity contribution in [3.63, 3.8) is 0 Å². The number of carbonyl (C=O) groups is 2. The summed E-state index contributed by atoms with van der Waals surface area (Å²) in [6.45, 7) is 5.48. The van der Waals surface area contributed by atoms with Crippen molar-refractivity contribution in [2.24, 2.45) is 0 Å². The summed E-state index contributed by atoms with van der Waals surface area (Å²) in [5, 5.41) is 2.84. The second kappa shape index (κ2) is 7.09. The summed E-state index contributed by atoms with van der Waals surface area (Å²) in [5.74, 6) is 0.610. The largest absolute Gasteiger partial charge is 0.496 e. The zero-order valence-corrected chi connectivity index (χ0v) is 13.9. The maximum Gasteiger partial charge on any atom is 0.228 e. The SMILES string of the molecule is COc1cc(C)cc(C)c1CC(=O)Nc1ccc(C(C)=O)cc1. The molecule has 0 aliphatic rings. The Morgan fingerprint density at radius 3 is 2.30 bits per heavy atom. The maximum atomic E-state index is 12.3. The molecule has 0 unspecified atom stereocenters. The van der Waals surface area contributed by atoms with Crippen LogP contribution >= 0.6 is 0 Å². The van der Waals surface area contributed by atoms with E-state index < -0.39 is 0 Å². The van der Waals surface area contributed by atoms with Gasteiger partial charge in [-0.3, -0.25) is 9.59 Å². The first kappa shape index (κ1) is 16.7. The lowest BCUT2D eigenvalue weighted by Gasteiger charge is -2.13. The molecule has 2 rings (SSSR count). The fourth-order valence-corrected chi connectivity index (χ4v) is 2.52. The van der Waals surface area contributed by atoms with Crippen molar-refractivity contribution in [1.29, 1.82) is 0 Å². The van der Waals surface area contributed by atoms with Crippen LogP contribution in [0, 0.1) is 13.8 Å². The molecule has 0 fully saturated rings. The lowest BCUT2D eigenvalue weighted by Crippen LogP contribution is -2.16. The summed E-state index contributed by atoms with van der Waals surface area (Å²) in [7, 11) is 1.61. The number of benzene rings is 2. The van der Waals surface area contributed by atoms with Gasteiger partial charge in [0.15, 0.2) is 5.78 Å². The van der Waals surface area contributed by atoms with E-state index in [4.69, 9.17) is 4.74 Å². The van der Waals surface area contributed by atoms with E-state index in [1.165, 1.54) is 6.92 Å². The lowest BCUT2D eigenvalue weighted by atomic mass is 10.0. The van der Waals surface area contributed by atoms with E-state index in [1.54, 1.807) is 31.4 Å². The fraction of sp³-hybridized carbons (Fsp3) is 0.263. The van der Waals surface area contributed by atoms with Crippen LogP contribution in [0.3, 0.4) is 0 Å². The van der Waals surface area contributed by atoms with Crippen LogP contribution in [0.5, 0.6) is 5.75 Å². The Morgan fingerprint density at radius 1 is 1.09 bits per heavy atom. The standard InChI is InChI=1S/C19H21NO3/c1-12-9-13(2)17(18(10-12)23-4)11-19(22)20-16-7-5-15(6-8-16)14(3)21/h5-10H,11H2,1-4H3,(H,20,22). The third kappa shape index (κ3) is 4.19. The first-order valence-electron chi connectivity index (χ1n) is 7.45. The average molecular weight is 311 g/mol. The molecule has 2 aromatic rings. The van der Waals surface area contributed by atoms with Gasteiger partial charge in [0, 0.05) is 16.8 Å². The minimum Gasteiger partial charge on any atom is -0.496 e. The van der Waals surface area contributed by atoms with Crippen molar-refractivity contribution in [2.45, 2.75) is 27.2 Å². The normalized spacial score (nSPS) is 10.3. The van der Waals surface area contributed by atoms with E-state index in [9.17, 15) is 9.59 Å². The highest BCUT2D eigenvalue weighted by atomic mass is 16.5. The second-order valence-corrected chi connectivity index (χ2v) is 5.62. The van der Waals surface area contributed by atoms with E-state index in [2.05, 4.69) is 5.32 Å². The number of nitrogens with one attached hydrogen (secondary N) is 1. The molecule has 0 spiro atoms. The van der Waals surface area contributed by atoms with Gasteiger partial charge in [0.05, 0.1) is 13.5 Å². The van der Waals surface area contributed by atoms with E-state index in [1.807, 2.05) is 26.0 Å². The molecule has 0 aliphatic carbocycles. The molecule has 2 aromatic carbocycles. The summed E-state index contributed by atoms with van der Waals surface area (Å²) >= 11 is 0. The monoisotopic (exact) mass is 311 g/mol. The van der Waals surface area contributed by atoms with Crippen molar-refractivity contribution in [3.8, 4) is 5.75 Å². The summed E-state index contributed by atoms with van der Waals surface area (Å²) in [4.78, 5) is 23.5. The molecule has 0 aliphatic heterocycles. The van der Waals surface area contributed by atoms with Crippen LogP contribution in [0.1, 0.15) is 34.0 Å². The molecule has 1 amide bonds.